The van der Waals surface area contributed by atoms with Crippen LogP contribution in [0.25, 0.3) is 0 Å². The van der Waals surface area contributed by atoms with Gasteiger partial charge in [-0.05, 0) is 50.2 Å². The molecule has 1 aromatic carbocycles. The molecule has 0 aliphatic heterocycles. The van der Waals surface area contributed by atoms with Gasteiger partial charge >= 0.3 is 0 Å². The molecule has 2 N–H and O–H groups in total. The van der Waals surface area contributed by atoms with Crippen LogP contribution < -0.4 is 10.6 Å². The Kier molecular flexibility index (Phi) is 6.67. The van der Waals surface area contributed by atoms with E-state index in [0.717, 1.165) is 25.9 Å². The number of nitriles is 1. The van der Waals surface area contributed by atoms with Gasteiger partial charge < -0.3 is 15.5 Å². The van der Waals surface area contributed by atoms with Gasteiger partial charge in [-0.25, -0.2) is 13.4 Å². The molecule has 1 aromatic heterocycles. The van der Waals surface area contributed by atoms with Crippen molar-refractivity contribution in [1.82, 2.24) is 14.9 Å². The second-order valence-corrected chi connectivity index (χ2v) is 9.09. The van der Waals surface area contributed by atoms with Gasteiger partial charge in [0.2, 0.25) is 5.95 Å². The smallest absolute Gasteiger partial charge is 0.229 e. The van der Waals surface area contributed by atoms with E-state index in [-0.39, 0.29) is 5.75 Å². The third kappa shape index (κ3) is 5.65. The number of nitrogens with zero attached hydrogens (tertiary/aromatic N) is 4. The predicted molar refractivity (Wildman–Crippen MR) is 113 cm³/mol. The summed E-state index contributed by atoms with van der Waals surface area (Å²) in [4.78, 5) is 10.9. The van der Waals surface area contributed by atoms with Crippen molar-refractivity contribution in [3.8, 4) is 6.07 Å². The van der Waals surface area contributed by atoms with Crippen molar-refractivity contribution in [2.45, 2.75) is 37.6 Å². The van der Waals surface area contributed by atoms with E-state index in [2.05, 4.69) is 31.6 Å². The van der Waals surface area contributed by atoms with Crippen molar-refractivity contribution >= 4 is 27.3 Å². The van der Waals surface area contributed by atoms with E-state index in [0.29, 0.717) is 40.5 Å². The number of sulfone groups is 1. The fraction of sp³-hybridized carbons (Fsp3) is 0.450. The number of aromatic nitrogens is 2. The molecule has 2 aromatic rings. The molecule has 0 unspecified atom stereocenters. The minimum atomic E-state index is -3.33. The van der Waals surface area contributed by atoms with Crippen LogP contribution in [0.5, 0.6) is 0 Å². The van der Waals surface area contributed by atoms with Gasteiger partial charge in [-0.2, -0.15) is 10.2 Å². The first kappa shape index (κ1) is 21.0. The molecule has 0 saturated heterocycles. The highest BCUT2D eigenvalue weighted by atomic mass is 32.2. The zero-order chi connectivity index (χ0) is 20.9. The maximum atomic E-state index is 12.6. The van der Waals surface area contributed by atoms with Crippen molar-refractivity contribution in [3.05, 3.63) is 36.0 Å². The van der Waals surface area contributed by atoms with Crippen molar-refractivity contribution in [1.29, 1.82) is 5.26 Å². The first-order valence-corrected chi connectivity index (χ1v) is 11.5. The zero-order valence-electron chi connectivity index (χ0n) is 16.7. The lowest BCUT2D eigenvalue weighted by molar-refractivity contribution is 0.321. The molecule has 1 heterocycles. The van der Waals surface area contributed by atoms with Crippen LogP contribution in [0.15, 0.2) is 35.4 Å². The summed E-state index contributed by atoms with van der Waals surface area (Å²) in [6.07, 6.45) is 3.62. The Bertz CT molecular complexity index is 977. The van der Waals surface area contributed by atoms with Crippen LogP contribution in [0.3, 0.4) is 0 Å². The van der Waals surface area contributed by atoms with Crippen LogP contribution in [0, 0.1) is 11.3 Å². The van der Waals surface area contributed by atoms with Crippen molar-refractivity contribution in [2.75, 3.05) is 36.0 Å². The Balaban J connectivity index is 1.68. The van der Waals surface area contributed by atoms with Gasteiger partial charge in [0, 0.05) is 18.3 Å². The van der Waals surface area contributed by atoms with Crippen LogP contribution >= 0.6 is 0 Å². The third-order valence-electron chi connectivity index (χ3n) is 4.87. The van der Waals surface area contributed by atoms with Crippen molar-refractivity contribution in [2.24, 2.45) is 0 Å². The van der Waals surface area contributed by atoms with Gasteiger partial charge in [-0.3, -0.25) is 0 Å². The molecule has 0 radical (unpaired) electrons. The van der Waals surface area contributed by atoms with E-state index < -0.39 is 9.84 Å². The van der Waals surface area contributed by atoms with E-state index in [4.69, 9.17) is 0 Å². The van der Waals surface area contributed by atoms with Gasteiger partial charge in [-0.15, -0.1) is 0 Å². The molecular formula is C20H26N6O2S. The second-order valence-electron chi connectivity index (χ2n) is 6.98. The monoisotopic (exact) mass is 414 g/mol. The lowest BCUT2D eigenvalue weighted by atomic mass is 10.3. The molecule has 1 saturated carbocycles. The summed E-state index contributed by atoms with van der Waals surface area (Å²) in [5, 5.41) is 15.5. The first-order valence-electron chi connectivity index (χ1n) is 9.81. The predicted octanol–water partition coefficient (Wildman–Crippen LogP) is 2.78. The van der Waals surface area contributed by atoms with Crippen LogP contribution in [0.4, 0.5) is 17.5 Å². The number of rotatable bonds is 10. The van der Waals surface area contributed by atoms with Gasteiger partial charge in [0.25, 0.3) is 0 Å². The fourth-order valence-corrected chi connectivity index (χ4v) is 4.12. The normalized spacial score (nSPS) is 13.9. The summed E-state index contributed by atoms with van der Waals surface area (Å²) >= 11 is 0. The fourth-order valence-electron chi connectivity index (χ4n) is 2.84. The molecule has 0 amide bonds. The van der Waals surface area contributed by atoms with Crippen LogP contribution in [0.1, 0.15) is 32.3 Å². The maximum absolute atomic E-state index is 12.6. The summed E-state index contributed by atoms with van der Waals surface area (Å²) in [6.45, 7) is 6.22. The zero-order valence-corrected chi connectivity index (χ0v) is 17.5. The number of anilines is 3. The molecular weight excluding hydrogens is 388 g/mol. The van der Waals surface area contributed by atoms with E-state index in [1.54, 1.807) is 24.3 Å². The van der Waals surface area contributed by atoms with E-state index in [1.165, 1.54) is 6.20 Å². The summed E-state index contributed by atoms with van der Waals surface area (Å²) in [5.41, 5.74) is 1.08. The number of nitrogens with one attached hydrogen (secondary N) is 2. The van der Waals surface area contributed by atoms with Gasteiger partial charge in [0.05, 0.1) is 16.8 Å². The average Bonchev–Trinajstić information content (AvgIpc) is 3.53. The van der Waals surface area contributed by atoms with Crippen LogP contribution in [0.2, 0.25) is 0 Å². The maximum Gasteiger partial charge on any atom is 0.229 e. The Morgan fingerprint density at radius 3 is 2.48 bits per heavy atom. The highest BCUT2D eigenvalue weighted by Crippen LogP contribution is 2.26. The van der Waals surface area contributed by atoms with E-state index in [1.807, 2.05) is 13.8 Å². The minimum absolute atomic E-state index is 0.0936. The Labute approximate surface area is 171 Å². The molecule has 154 valence electrons. The summed E-state index contributed by atoms with van der Waals surface area (Å²) in [5.74, 6) is 0.962. The summed E-state index contributed by atoms with van der Waals surface area (Å²) in [7, 11) is -3.33. The molecule has 3 rings (SSSR count). The quantitative estimate of drug-likeness (QED) is 0.610. The first-order chi connectivity index (χ1) is 13.9. The van der Waals surface area contributed by atoms with Gasteiger partial charge in [0.15, 0.2) is 9.84 Å². The molecule has 0 spiro atoms. The lowest BCUT2D eigenvalue weighted by Crippen LogP contribution is -2.29. The number of hydrogen-bond donors (Lipinski definition) is 2. The molecule has 8 nitrogen and oxygen atoms in total. The second kappa shape index (κ2) is 9.20. The van der Waals surface area contributed by atoms with Crippen molar-refractivity contribution in [3.63, 3.8) is 0 Å². The molecule has 0 bridgehead atoms. The number of benzene rings is 1. The molecule has 1 fully saturated rings. The van der Waals surface area contributed by atoms with E-state index in [9.17, 15) is 13.7 Å². The highest BCUT2D eigenvalue weighted by Gasteiger charge is 2.23. The standard InChI is InChI=1S/C20H26N6O2S/c1-3-26(4-2)11-12-29(27,28)18-9-7-17(8-10-18)24-20-22-14-15(13-21)19(25-20)23-16-5-6-16/h7-10,14,16H,3-6,11-12H2,1-2H3,(H2,22,23,24,25). The summed E-state index contributed by atoms with van der Waals surface area (Å²) in [6, 6.07) is 9.02. The van der Waals surface area contributed by atoms with Gasteiger partial charge in [-0.1, -0.05) is 13.8 Å². The highest BCUT2D eigenvalue weighted by molar-refractivity contribution is 7.91. The molecule has 29 heavy (non-hydrogen) atoms. The summed E-state index contributed by atoms with van der Waals surface area (Å²) < 4.78 is 25.1. The van der Waals surface area contributed by atoms with E-state index >= 15 is 0 Å². The third-order valence-corrected chi connectivity index (χ3v) is 6.58. The molecule has 1 aliphatic carbocycles. The average molecular weight is 415 g/mol. The largest absolute Gasteiger partial charge is 0.366 e. The minimum Gasteiger partial charge on any atom is -0.366 e. The Hall–Kier alpha value is -2.70. The lowest BCUT2D eigenvalue weighted by Gasteiger charge is -2.17. The molecule has 0 atom stereocenters. The van der Waals surface area contributed by atoms with Gasteiger partial charge in [0.1, 0.15) is 17.5 Å². The van der Waals surface area contributed by atoms with Crippen molar-refractivity contribution < 1.29 is 8.42 Å². The van der Waals surface area contributed by atoms with Crippen LogP contribution in [-0.2, 0) is 9.84 Å². The Morgan fingerprint density at radius 2 is 1.90 bits per heavy atom. The number of hydrogen-bond acceptors (Lipinski definition) is 8. The van der Waals surface area contributed by atoms with Crippen LogP contribution in [-0.4, -0.2) is 54.7 Å². The topological polar surface area (TPSA) is 111 Å². The molecule has 9 heteroatoms. The SMILES string of the molecule is CCN(CC)CCS(=O)(=O)c1ccc(Nc2ncc(C#N)c(NC3CC3)n2)cc1. The molecule has 1 aliphatic rings. The Morgan fingerprint density at radius 1 is 1.21 bits per heavy atom.